The monoisotopic (exact) mass is 360 g/mol. The van der Waals surface area contributed by atoms with Crippen LogP contribution in [0.2, 0.25) is 0 Å². The molecule has 1 aliphatic heterocycles. The van der Waals surface area contributed by atoms with Gasteiger partial charge in [0.2, 0.25) is 0 Å². The number of hydrogen-bond acceptors (Lipinski definition) is 4. The van der Waals surface area contributed by atoms with Crippen molar-refractivity contribution in [2.45, 2.75) is 18.2 Å². The fourth-order valence-corrected chi connectivity index (χ4v) is 3.68. The van der Waals surface area contributed by atoms with Gasteiger partial charge in [-0.1, -0.05) is 19.1 Å². The molecular formula is C18H20N2O4S. The molecule has 0 bridgehead atoms. The van der Waals surface area contributed by atoms with Crippen molar-refractivity contribution in [2.75, 3.05) is 29.4 Å². The van der Waals surface area contributed by atoms with Gasteiger partial charge in [-0.2, -0.15) is 0 Å². The number of ether oxygens (including phenoxy) is 1. The fourth-order valence-electron chi connectivity index (χ4n) is 2.62. The first kappa shape index (κ1) is 17.4. The van der Waals surface area contributed by atoms with Gasteiger partial charge in [-0.25, -0.2) is 8.42 Å². The topological polar surface area (TPSA) is 75.7 Å². The molecule has 3 rings (SSSR count). The number of morpholine rings is 1. The maximum atomic E-state index is 12.4. The molecule has 0 aliphatic carbocycles. The van der Waals surface area contributed by atoms with Gasteiger partial charge in [0, 0.05) is 17.9 Å². The van der Waals surface area contributed by atoms with Crippen LogP contribution in [0.3, 0.4) is 0 Å². The predicted molar refractivity (Wildman–Crippen MR) is 96.2 cm³/mol. The molecule has 7 heteroatoms. The van der Waals surface area contributed by atoms with E-state index >= 15 is 0 Å². The molecule has 0 saturated carbocycles. The van der Waals surface area contributed by atoms with Crippen molar-refractivity contribution >= 4 is 27.3 Å². The van der Waals surface area contributed by atoms with Gasteiger partial charge >= 0.3 is 0 Å². The summed E-state index contributed by atoms with van der Waals surface area (Å²) >= 11 is 0. The lowest BCUT2D eigenvalue weighted by Crippen LogP contribution is -2.41. The van der Waals surface area contributed by atoms with Crippen molar-refractivity contribution < 1.29 is 17.9 Å². The van der Waals surface area contributed by atoms with Gasteiger partial charge < -0.3 is 9.64 Å². The molecule has 1 heterocycles. The van der Waals surface area contributed by atoms with E-state index < -0.39 is 10.0 Å². The Balaban J connectivity index is 1.74. The Hall–Kier alpha value is -2.38. The van der Waals surface area contributed by atoms with E-state index in [0.29, 0.717) is 18.8 Å². The van der Waals surface area contributed by atoms with Crippen LogP contribution in [0.1, 0.15) is 12.5 Å². The molecule has 2 aromatic carbocycles. The summed E-state index contributed by atoms with van der Waals surface area (Å²) in [7, 11) is -3.64. The van der Waals surface area contributed by atoms with Crippen LogP contribution in [0.15, 0.2) is 53.4 Å². The van der Waals surface area contributed by atoms with Gasteiger partial charge in [-0.3, -0.25) is 9.52 Å². The molecule has 0 spiro atoms. The minimum absolute atomic E-state index is 0.0716. The van der Waals surface area contributed by atoms with E-state index in [1.165, 1.54) is 0 Å². The number of carbonyl (C=O) groups excluding carboxylic acids is 1. The number of hydrogen-bond donors (Lipinski definition) is 1. The minimum atomic E-state index is -3.64. The van der Waals surface area contributed by atoms with Crippen LogP contribution >= 0.6 is 0 Å². The summed E-state index contributed by atoms with van der Waals surface area (Å²) < 4.78 is 32.6. The Morgan fingerprint density at radius 2 is 1.76 bits per heavy atom. The Morgan fingerprint density at radius 1 is 1.08 bits per heavy atom. The lowest BCUT2D eigenvalue weighted by Gasteiger charge is -2.26. The molecule has 132 valence electrons. The zero-order chi connectivity index (χ0) is 17.9. The Labute approximate surface area is 147 Å². The highest BCUT2D eigenvalue weighted by Gasteiger charge is 2.20. The number of anilines is 2. The van der Waals surface area contributed by atoms with Crippen LogP contribution in [-0.2, 0) is 26.0 Å². The lowest BCUT2D eigenvalue weighted by molar-refractivity contribution is -0.125. The number of sulfonamides is 1. The van der Waals surface area contributed by atoms with Crippen molar-refractivity contribution in [3.8, 4) is 0 Å². The van der Waals surface area contributed by atoms with Crippen molar-refractivity contribution in [1.82, 2.24) is 0 Å². The van der Waals surface area contributed by atoms with Crippen molar-refractivity contribution in [2.24, 2.45) is 0 Å². The van der Waals surface area contributed by atoms with Crippen LogP contribution in [0.25, 0.3) is 0 Å². The molecule has 0 aromatic heterocycles. The van der Waals surface area contributed by atoms with E-state index in [1.807, 2.05) is 19.1 Å². The number of aryl methyl sites for hydroxylation is 1. The number of amides is 1. The highest BCUT2D eigenvalue weighted by Crippen LogP contribution is 2.22. The molecule has 1 amide bonds. The van der Waals surface area contributed by atoms with Crippen LogP contribution < -0.4 is 9.62 Å². The quantitative estimate of drug-likeness (QED) is 0.888. The van der Waals surface area contributed by atoms with E-state index in [-0.39, 0.29) is 17.4 Å². The zero-order valence-corrected chi connectivity index (χ0v) is 14.8. The average Bonchev–Trinajstić information content (AvgIpc) is 2.63. The first-order valence-electron chi connectivity index (χ1n) is 8.09. The smallest absolute Gasteiger partial charge is 0.261 e. The second-order valence-electron chi connectivity index (χ2n) is 5.75. The molecule has 2 aromatic rings. The van der Waals surface area contributed by atoms with Crippen LogP contribution in [-0.4, -0.2) is 34.1 Å². The largest absolute Gasteiger partial charge is 0.370 e. The summed E-state index contributed by atoms with van der Waals surface area (Å²) in [6.07, 6.45) is 0.857. The highest BCUT2D eigenvalue weighted by atomic mass is 32.2. The number of carbonyl (C=O) groups is 1. The first-order chi connectivity index (χ1) is 12.0. The highest BCUT2D eigenvalue weighted by molar-refractivity contribution is 7.92. The molecule has 1 N–H and O–H groups in total. The summed E-state index contributed by atoms with van der Waals surface area (Å²) in [5, 5.41) is 0. The average molecular weight is 360 g/mol. The number of nitrogens with one attached hydrogen (secondary N) is 1. The Bertz CT molecular complexity index is 846. The van der Waals surface area contributed by atoms with E-state index in [2.05, 4.69) is 4.72 Å². The number of benzene rings is 2. The summed E-state index contributed by atoms with van der Waals surface area (Å²) in [5.74, 6) is -0.101. The van der Waals surface area contributed by atoms with E-state index in [4.69, 9.17) is 4.74 Å². The van der Waals surface area contributed by atoms with Crippen molar-refractivity contribution in [3.05, 3.63) is 54.1 Å². The molecular weight excluding hydrogens is 340 g/mol. The molecule has 25 heavy (non-hydrogen) atoms. The summed E-state index contributed by atoms with van der Waals surface area (Å²) in [5.41, 5.74) is 2.26. The second-order valence-corrected chi connectivity index (χ2v) is 7.43. The van der Waals surface area contributed by atoms with Crippen LogP contribution in [0, 0.1) is 0 Å². The maximum Gasteiger partial charge on any atom is 0.261 e. The van der Waals surface area contributed by atoms with E-state index in [0.717, 1.165) is 17.7 Å². The fraction of sp³-hybridized carbons (Fsp3) is 0.278. The summed E-state index contributed by atoms with van der Waals surface area (Å²) in [6.45, 7) is 3.08. The summed E-state index contributed by atoms with van der Waals surface area (Å²) in [4.78, 5) is 13.7. The van der Waals surface area contributed by atoms with Crippen LogP contribution in [0.4, 0.5) is 11.4 Å². The Kier molecular flexibility index (Phi) is 5.06. The van der Waals surface area contributed by atoms with Gasteiger partial charge in [-0.05, 0) is 48.4 Å². The summed E-state index contributed by atoms with van der Waals surface area (Å²) in [6, 6.07) is 13.6. The molecule has 0 unspecified atom stereocenters. The van der Waals surface area contributed by atoms with Gasteiger partial charge in [0.15, 0.2) is 0 Å². The third-order valence-electron chi connectivity index (χ3n) is 4.06. The molecule has 1 saturated heterocycles. The van der Waals surface area contributed by atoms with Crippen molar-refractivity contribution in [1.29, 1.82) is 0 Å². The molecule has 6 nitrogen and oxygen atoms in total. The lowest BCUT2D eigenvalue weighted by atomic mass is 10.2. The van der Waals surface area contributed by atoms with Crippen molar-refractivity contribution in [3.63, 3.8) is 0 Å². The molecule has 1 aliphatic rings. The zero-order valence-electron chi connectivity index (χ0n) is 13.9. The molecule has 0 atom stereocenters. The maximum absolute atomic E-state index is 12.4. The minimum Gasteiger partial charge on any atom is -0.370 e. The molecule has 0 radical (unpaired) electrons. The van der Waals surface area contributed by atoms with E-state index in [1.54, 1.807) is 41.3 Å². The normalized spacial score (nSPS) is 15.2. The predicted octanol–water partition coefficient (Wildman–Crippen LogP) is 2.41. The van der Waals surface area contributed by atoms with Gasteiger partial charge in [0.25, 0.3) is 15.9 Å². The SMILES string of the molecule is CCc1ccc(S(=O)(=O)Nc2ccc(N3CCOCC3=O)cc2)cc1. The first-order valence-corrected chi connectivity index (χ1v) is 9.58. The van der Waals surface area contributed by atoms with E-state index in [9.17, 15) is 13.2 Å². The number of rotatable bonds is 5. The van der Waals surface area contributed by atoms with Gasteiger partial charge in [0.05, 0.1) is 11.5 Å². The molecule has 1 fully saturated rings. The van der Waals surface area contributed by atoms with Crippen LogP contribution in [0.5, 0.6) is 0 Å². The second kappa shape index (κ2) is 7.25. The van der Waals surface area contributed by atoms with Gasteiger partial charge in [-0.15, -0.1) is 0 Å². The standard InChI is InChI=1S/C18H20N2O4S/c1-2-14-3-9-17(10-4-14)25(22,23)19-15-5-7-16(8-6-15)20-11-12-24-13-18(20)21/h3-10,19H,2,11-13H2,1H3. The third kappa shape index (κ3) is 4.00. The third-order valence-corrected chi connectivity index (χ3v) is 5.46. The number of nitrogens with zero attached hydrogens (tertiary/aromatic N) is 1. The Morgan fingerprint density at radius 3 is 2.36 bits per heavy atom. The van der Waals surface area contributed by atoms with Gasteiger partial charge in [0.1, 0.15) is 6.61 Å².